The molecule has 0 aromatic heterocycles. The monoisotopic (exact) mass is 318 g/mol. The summed E-state index contributed by atoms with van der Waals surface area (Å²) in [4.78, 5) is 16.9. The van der Waals surface area contributed by atoms with Crippen LogP contribution in [0.15, 0.2) is 24.3 Å². The molecule has 0 unspecified atom stereocenters. The fourth-order valence-electron chi connectivity index (χ4n) is 3.89. The molecule has 0 N–H and O–H groups in total. The third-order valence-electron chi connectivity index (χ3n) is 5.25. The van der Waals surface area contributed by atoms with E-state index in [4.69, 9.17) is 0 Å². The molecule has 1 aliphatic carbocycles. The number of rotatable bonds is 3. The number of hydrogen-bond donors (Lipinski definition) is 0. The van der Waals surface area contributed by atoms with Crippen LogP contribution in [0.2, 0.25) is 0 Å². The van der Waals surface area contributed by atoms with Crippen molar-refractivity contribution in [3.05, 3.63) is 35.6 Å². The predicted molar refractivity (Wildman–Crippen MR) is 89.7 cm³/mol. The van der Waals surface area contributed by atoms with Gasteiger partial charge in [0.25, 0.3) is 0 Å². The Morgan fingerprint density at radius 2 is 1.74 bits per heavy atom. The molecule has 1 amide bonds. The average molecular weight is 318 g/mol. The highest BCUT2D eigenvalue weighted by Crippen LogP contribution is 2.23. The quantitative estimate of drug-likeness (QED) is 0.799. The molecule has 1 aliphatic heterocycles. The number of piperazine rings is 1. The first-order valence-corrected chi connectivity index (χ1v) is 8.98. The van der Waals surface area contributed by atoms with Gasteiger partial charge in [0, 0.05) is 32.2 Å². The van der Waals surface area contributed by atoms with E-state index in [1.54, 1.807) is 6.07 Å². The molecule has 0 atom stereocenters. The SMILES string of the molecule is O=C(Cc1cccc(F)c1)N1CCN(C2CCCCCC2)CC1. The largest absolute Gasteiger partial charge is 0.340 e. The summed E-state index contributed by atoms with van der Waals surface area (Å²) < 4.78 is 13.2. The normalized spacial score (nSPS) is 21.2. The van der Waals surface area contributed by atoms with Gasteiger partial charge in [-0.3, -0.25) is 9.69 Å². The standard InChI is InChI=1S/C19H27FN2O/c20-17-7-5-6-16(14-17)15-19(23)22-12-10-21(11-13-22)18-8-3-1-2-4-9-18/h5-7,14,18H,1-4,8-13,15H2. The third-order valence-corrected chi connectivity index (χ3v) is 5.25. The van der Waals surface area contributed by atoms with Gasteiger partial charge in [-0.15, -0.1) is 0 Å². The van der Waals surface area contributed by atoms with Gasteiger partial charge in [-0.1, -0.05) is 37.8 Å². The van der Waals surface area contributed by atoms with E-state index < -0.39 is 0 Å². The van der Waals surface area contributed by atoms with Crippen LogP contribution >= 0.6 is 0 Å². The van der Waals surface area contributed by atoms with Crippen LogP contribution in [0.4, 0.5) is 4.39 Å². The van der Waals surface area contributed by atoms with Gasteiger partial charge in [0.1, 0.15) is 5.82 Å². The van der Waals surface area contributed by atoms with Crippen LogP contribution in [0.5, 0.6) is 0 Å². The first kappa shape index (κ1) is 16.4. The summed E-state index contributed by atoms with van der Waals surface area (Å²) in [6, 6.07) is 7.09. The minimum absolute atomic E-state index is 0.121. The smallest absolute Gasteiger partial charge is 0.227 e. The molecule has 0 bridgehead atoms. The molecule has 0 spiro atoms. The second-order valence-electron chi connectivity index (χ2n) is 6.87. The van der Waals surface area contributed by atoms with Gasteiger partial charge in [-0.25, -0.2) is 4.39 Å². The Hall–Kier alpha value is -1.42. The fraction of sp³-hybridized carbons (Fsp3) is 0.632. The summed E-state index contributed by atoms with van der Waals surface area (Å²) in [6.07, 6.45) is 8.40. The molecule has 126 valence electrons. The molecular formula is C19H27FN2O. The number of nitrogens with zero attached hydrogens (tertiary/aromatic N) is 2. The van der Waals surface area contributed by atoms with E-state index in [1.807, 2.05) is 11.0 Å². The predicted octanol–water partition coefficient (Wildman–Crippen LogP) is 3.24. The lowest BCUT2D eigenvalue weighted by atomic mass is 10.1. The van der Waals surface area contributed by atoms with E-state index in [-0.39, 0.29) is 11.7 Å². The third kappa shape index (κ3) is 4.54. The number of benzene rings is 1. The second-order valence-corrected chi connectivity index (χ2v) is 6.87. The molecule has 2 aliphatic rings. The lowest BCUT2D eigenvalue weighted by Gasteiger charge is -2.39. The van der Waals surface area contributed by atoms with Crippen molar-refractivity contribution in [1.29, 1.82) is 0 Å². The maximum Gasteiger partial charge on any atom is 0.227 e. The van der Waals surface area contributed by atoms with Gasteiger partial charge in [0.05, 0.1) is 6.42 Å². The van der Waals surface area contributed by atoms with E-state index in [1.165, 1.54) is 50.7 Å². The Labute approximate surface area is 138 Å². The summed E-state index contributed by atoms with van der Waals surface area (Å²) in [7, 11) is 0. The molecule has 3 nitrogen and oxygen atoms in total. The lowest BCUT2D eigenvalue weighted by molar-refractivity contribution is -0.132. The number of carbonyl (C=O) groups is 1. The van der Waals surface area contributed by atoms with Crippen LogP contribution in [0.3, 0.4) is 0 Å². The van der Waals surface area contributed by atoms with Crippen molar-refractivity contribution < 1.29 is 9.18 Å². The highest BCUT2D eigenvalue weighted by Gasteiger charge is 2.26. The van der Waals surface area contributed by atoms with Gasteiger partial charge < -0.3 is 4.90 Å². The number of amides is 1. The van der Waals surface area contributed by atoms with Crippen molar-refractivity contribution >= 4 is 5.91 Å². The van der Waals surface area contributed by atoms with Crippen LogP contribution in [0, 0.1) is 5.82 Å². The fourth-order valence-corrected chi connectivity index (χ4v) is 3.89. The van der Waals surface area contributed by atoms with E-state index >= 15 is 0 Å². The van der Waals surface area contributed by atoms with Crippen LogP contribution in [-0.2, 0) is 11.2 Å². The van der Waals surface area contributed by atoms with Crippen molar-refractivity contribution in [2.45, 2.75) is 51.0 Å². The first-order chi connectivity index (χ1) is 11.2. The van der Waals surface area contributed by atoms with Gasteiger partial charge in [-0.2, -0.15) is 0 Å². The van der Waals surface area contributed by atoms with E-state index in [2.05, 4.69) is 4.90 Å². The number of carbonyl (C=O) groups excluding carboxylic acids is 1. The molecule has 4 heteroatoms. The van der Waals surface area contributed by atoms with E-state index in [9.17, 15) is 9.18 Å². The Bertz CT molecular complexity index is 518. The molecular weight excluding hydrogens is 291 g/mol. The molecule has 2 fully saturated rings. The minimum Gasteiger partial charge on any atom is -0.340 e. The van der Waals surface area contributed by atoms with Crippen molar-refractivity contribution in [2.75, 3.05) is 26.2 Å². The van der Waals surface area contributed by atoms with E-state index in [0.717, 1.165) is 37.8 Å². The molecule has 3 rings (SSSR count). The van der Waals surface area contributed by atoms with Crippen molar-refractivity contribution in [1.82, 2.24) is 9.80 Å². The zero-order valence-corrected chi connectivity index (χ0v) is 13.8. The molecule has 1 saturated heterocycles. The highest BCUT2D eigenvalue weighted by atomic mass is 19.1. The zero-order valence-electron chi connectivity index (χ0n) is 13.8. The highest BCUT2D eigenvalue weighted by molar-refractivity contribution is 5.78. The summed E-state index contributed by atoms with van der Waals surface area (Å²) in [5.41, 5.74) is 0.765. The van der Waals surface area contributed by atoms with Crippen LogP contribution in [-0.4, -0.2) is 47.9 Å². The summed E-state index contributed by atoms with van der Waals surface area (Å²) >= 11 is 0. The molecule has 1 saturated carbocycles. The van der Waals surface area contributed by atoms with Crippen molar-refractivity contribution in [3.8, 4) is 0 Å². The van der Waals surface area contributed by atoms with Crippen molar-refractivity contribution in [2.24, 2.45) is 0 Å². The van der Waals surface area contributed by atoms with Gasteiger partial charge in [0.15, 0.2) is 0 Å². The van der Waals surface area contributed by atoms with Crippen LogP contribution < -0.4 is 0 Å². The van der Waals surface area contributed by atoms with E-state index in [0.29, 0.717) is 6.42 Å². The van der Waals surface area contributed by atoms with Gasteiger partial charge in [-0.05, 0) is 30.5 Å². The van der Waals surface area contributed by atoms with Gasteiger partial charge >= 0.3 is 0 Å². The summed E-state index contributed by atoms with van der Waals surface area (Å²) in [6.45, 7) is 3.59. The molecule has 1 aromatic rings. The van der Waals surface area contributed by atoms with Crippen LogP contribution in [0.1, 0.15) is 44.1 Å². The second kappa shape index (κ2) is 7.91. The summed E-state index contributed by atoms with van der Waals surface area (Å²) in [5, 5.41) is 0. The Morgan fingerprint density at radius 3 is 2.39 bits per heavy atom. The molecule has 1 aromatic carbocycles. The first-order valence-electron chi connectivity index (χ1n) is 8.98. The Balaban J connectivity index is 1.49. The maximum atomic E-state index is 13.2. The number of hydrogen-bond acceptors (Lipinski definition) is 2. The zero-order chi connectivity index (χ0) is 16.1. The molecule has 23 heavy (non-hydrogen) atoms. The Kier molecular flexibility index (Phi) is 5.65. The maximum absolute atomic E-state index is 13.2. The summed E-state index contributed by atoms with van der Waals surface area (Å²) in [5.74, 6) is -0.149. The van der Waals surface area contributed by atoms with Crippen molar-refractivity contribution in [3.63, 3.8) is 0 Å². The lowest BCUT2D eigenvalue weighted by Crippen LogP contribution is -2.52. The van der Waals surface area contributed by atoms with Crippen LogP contribution in [0.25, 0.3) is 0 Å². The van der Waals surface area contributed by atoms with Gasteiger partial charge in [0.2, 0.25) is 5.91 Å². The Morgan fingerprint density at radius 1 is 1.04 bits per heavy atom. The molecule has 1 heterocycles. The average Bonchev–Trinajstić information content (AvgIpc) is 2.84. The molecule has 0 radical (unpaired) electrons. The topological polar surface area (TPSA) is 23.6 Å². The number of halogens is 1. The minimum atomic E-state index is -0.270.